The molecule has 0 aliphatic heterocycles. The van der Waals surface area contributed by atoms with Crippen LogP contribution in [0.15, 0.2) is 18.3 Å². The lowest BCUT2D eigenvalue weighted by atomic mass is 10.2. The molecule has 1 aromatic rings. The average Bonchev–Trinajstić information content (AvgIpc) is 2.26. The zero-order valence-electron chi connectivity index (χ0n) is 10.3. The number of likely N-dealkylation sites (N-methyl/N-ethyl adjacent to an activating group) is 1. The fourth-order valence-electron chi connectivity index (χ4n) is 1.44. The minimum absolute atomic E-state index is 0.0848. The number of hydrogen-bond donors (Lipinski definition) is 1. The van der Waals surface area contributed by atoms with Gasteiger partial charge in [0.05, 0.1) is 6.04 Å². The second-order valence-electron chi connectivity index (χ2n) is 4.08. The van der Waals surface area contributed by atoms with Crippen LogP contribution in [-0.4, -0.2) is 35.9 Å². The molecule has 1 aromatic heterocycles. The lowest BCUT2D eigenvalue weighted by Gasteiger charge is -2.18. The Balaban J connectivity index is 2.52. The number of amides is 1. The first-order chi connectivity index (χ1) is 7.52. The van der Waals surface area contributed by atoms with Crippen molar-refractivity contribution in [2.45, 2.75) is 26.4 Å². The van der Waals surface area contributed by atoms with E-state index in [4.69, 9.17) is 0 Å². The number of rotatable bonds is 4. The van der Waals surface area contributed by atoms with Crippen LogP contribution < -0.4 is 5.32 Å². The molecule has 4 heteroatoms. The molecule has 0 saturated heterocycles. The van der Waals surface area contributed by atoms with Gasteiger partial charge in [0.25, 0.3) is 0 Å². The van der Waals surface area contributed by atoms with Crippen molar-refractivity contribution in [1.82, 2.24) is 15.2 Å². The van der Waals surface area contributed by atoms with Crippen LogP contribution in [0.1, 0.15) is 18.2 Å². The standard InChI is InChI=1S/C12H19N3O/c1-9-11(6-5-7-13-9)8-14-10(2)12(16)15(3)4/h5-7,10,14H,8H2,1-4H3/t10-/m1/s1. The van der Waals surface area contributed by atoms with Crippen LogP contribution >= 0.6 is 0 Å². The van der Waals surface area contributed by atoms with E-state index >= 15 is 0 Å². The van der Waals surface area contributed by atoms with Crippen LogP contribution in [0, 0.1) is 6.92 Å². The van der Waals surface area contributed by atoms with Gasteiger partial charge < -0.3 is 10.2 Å². The molecule has 0 fully saturated rings. The molecule has 0 bridgehead atoms. The normalized spacial score (nSPS) is 12.2. The van der Waals surface area contributed by atoms with Gasteiger partial charge in [-0.15, -0.1) is 0 Å². The number of pyridine rings is 1. The number of aryl methyl sites for hydroxylation is 1. The van der Waals surface area contributed by atoms with E-state index in [0.29, 0.717) is 6.54 Å². The number of carbonyl (C=O) groups excluding carboxylic acids is 1. The Hall–Kier alpha value is -1.42. The summed E-state index contributed by atoms with van der Waals surface area (Å²) in [4.78, 5) is 17.4. The van der Waals surface area contributed by atoms with E-state index < -0.39 is 0 Å². The number of nitrogens with zero attached hydrogens (tertiary/aromatic N) is 2. The van der Waals surface area contributed by atoms with E-state index in [1.54, 1.807) is 25.2 Å². The zero-order valence-corrected chi connectivity index (χ0v) is 10.3. The lowest BCUT2D eigenvalue weighted by Crippen LogP contribution is -2.41. The number of carbonyl (C=O) groups is 1. The highest BCUT2D eigenvalue weighted by Crippen LogP contribution is 2.03. The molecule has 1 heterocycles. The lowest BCUT2D eigenvalue weighted by molar-refractivity contribution is -0.130. The predicted molar refractivity (Wildman–Crippen MR) is 64.0 cm³/mol. The van der Waals surface area contributed by atoms with Crippen LogP contribution in [0.5, 0.6) is 0 Å². The van der Waals surface area contributed by atoms with Crippen LogP contribution in [-0.2, 0) is 11.3 Å². The molecule has 0 aliphatic carbocycles. The van der Waals surface area contributed by atoms with Crippen molar-refractivity contribution in [3.8, 4) is 0 Å². The summed E-state index contributed by atoms with van der Waals surface area (Å²) >= 11 is 0. The minimum atomic E-state index is -0.172. The fraction of sp³-hybridized carbons (Fsp3) is 0.500. The molecule has 88 valence electrons. The summed E-state index contributed by atoms with van der Waals surface area (Å²) in [6.45, 7) is 4.50. The first kappa shape index (κ1) is 12.6. The first-order valence-electron chi connectivity index (χ1n) is 5.37. The molecular weight excluding hydrogens is 202 g/mol. The molecule has 0 saturated carbocycles. The van der Waals surface area contributed by atoms with E-state index in [1.807, 2.05) is 26.0 Å². The summed E-state index contributed by atoms with van der Waals surface area (Å²) in [6, 6.07) is 3.75. The molecule has 1 rings (SSSR count). The van der Waals surface area contributed by atoms with E-state index in [2.05, 4.69) is 10.3 Å². The Morgan fingerprint density at radius 1 is 1.56 bits per heavy atom. The molecule has 1 amide bonds. The van der Waals surface area contributed by atoms with Gasteiger partial charge in [-0.2, -0.15) is 0 Å². The second-order valence-corrected chi connectivity index (χ2v) is 4.08. The Labute approximate surface area is 96.7 Å². The molecular formula is C12H19N3O. The molecule has 0 aliphatic rings. The van der Waals surface area contributed by atoms with Crippen molar-refractivity contribution in [3.05, 3.63) is 29.6 Å². The van der Waals surface area contributed by atoms with Gasteiger partial charge in [-0.3, -0.25) is 9.78 Å². The van der Waals surface area contributed by atoms with Gasteiger partial charge in [0.2, 0.25) is 5.91 Å². The van der Waals surface area contributed by atoms with Crippen molar-refractivity contribution in [2.24, 2.45) is 0 Å². The van der Waals surface area contributed by atoms with Crippen molar-refractivity contribution >= 4 is 5.91 Å². The summed E-state index contributed by atoms with van der Waals surface area (Å²) in [5.41, 5.74) is 2.13. The zero-order chi connectivity index (χ0) is 12.1. The van der Waals surface area contributed by atoms with Crippen molar-refractivity contribution in [2.75, 3.05) is 14.1 Å². The average molecular weight is 221 g/mol. The molecule has 1 N–H and O–H groups in total. The number of hydrogen-bond acceptors (Lipinski definition) is 3. The van der Waals surface area contributed by atoms with Crippen molar-refractivity contribution in [1.29, 1.82) is 0 Å². The number of nitrogens with one attached hydrogen (secondary N) is 1. The second kappa shape index (κ2) is 5.61. The van der Waals surface area contributed by atoms with Gasteiger partial charge in [0, 0.05) is 32.5 Å². The summed E-state index contributed by atoms with van der Waals surface area (Å²) in [5.74, 6) is 0.0848. The summed E-state index contributed by atoms with van der Waals surface area (Å²) < 4.78 is 0. The van der Waals surface area contributed by atoms with Gasteiger partial charge in [-0.25, -0.2) is 0 Å². The fourth-order valence-corrected chi connectivity index (χ4v) is 1.44. The van der Waals surface area contributed by atoms with E-state index in [9.17, 15) is 4.79 Å². The third-order valence-electron chi connectivity index (χ3n) is 2.53. The Kier molecular flexibility index (Phi) is 4.43. The van der Waals surface area contributed by atoms with Crippen LogP contribution in [0.25, 0.3) is 0 Å². The van der Waals surface area contributed by atoms with E-state index in [-0.39, 0.29) is 11.9 Å². The summed E-state index contributed by atoms with van der Waals surface area (Å²) in [6.07, 6.45) is 1.77. The Morgan fingerprint density at radius 2 is 2.25 bits per heavy atom. The van der Waals surface area contributed by atoms with Gasteiger partial charge >= 0.3 is 0 Å². The minimum Gasteiger partial charge on any atom is -0.347 e. The number of aromatic nitrogens is 1. The topological polar surface area (TPSA) is 45.2 Å². The summed E-state index contributed by atoms with van der Waals surface area (Å²) in [5, 5.41) is 3.19. The van der Waals surface area contributed by atoms with Crippen LogP contribution in [0.4, 0.5) is 0 Å². The molecule has 0 radical (unpaired) electrons. The third kappa shape index (κ3) is 3.31. The monoisotopic (exact) mass is 221 g/mol. The van der Waals surface area contributed by atoms with Crippen LogP contribution in [0.3, 0.4) is 0 Å². The predicted octanol–water partition coefficient (Wildman–Crippen LogP) is 0.956. The largest absolute Gasteiger partial charge is 0.347 e. The molecule has 0 aromatic carbocycles. The third-order valence-corrected chi connectivity index (χ3v) is 2.53. The maximum absolute atomic E-state index is 11.6. The smallest absolute Gasteiger partial charge is 0.238 e. The highest BCUT2D eigenvalue weighted by atomic mass is 16.2. The molecule has 1 atom stereocenters. The van der Waals surface area contributed by atoms with Crippen LogP contribution in [0.2, 0.25) is 0 Å². The highest BCUT2D eigenvalue weighted by molar-refractivity contribution is 5.80. The quantitative estimate of drug-likeness (QED) is 0.823. The maximum Gasteiger partial charge on any atom is 0.238 e. The van der Waals surface area contributed by atoms with Crippen molar-refractivity contribution in [3.63, 3.8) is 0 Å². The molecule has 0 unspecified atom stereocenters. The SMILES string of the molecule is Cc1ncccc1CN[C@H](C)C(=O)N(C)C. The molecule has 16 heavy (non-hydrogen) atoms. The van der Waals surface area contributed by atoms with E-state index in [1.165, 1.54) is 0 Å². The molecule has 0 spiro atoms. The van der Waals surface area contributed by atoms with Gasteiger partial charge in [-0.1, -0.05) is 6.07 Å². The van der Waals surface area contributed by atoms with Gasteiger partial charge in [-0.05, 0) is 25.5 Å². The Morgan fingerprint density at radius 3 is 2.81 bits per heavy atom. The maximum atomic E-state index is 11.6. The highest BCUT2D eigenvalue weighted by Gasteiger charge is 2.13. The van der Waals surface area contributed by atoms with E-state index in [0.717, 1.165) is 11.3 Å². The molecule has 4 nitrogen and oxygen atoms in total. The first-order valence-corrected chi connectivity index (χ1v) is 5.37. The summed E-state index contributed by atoms with van der Waals surface area (Å²) in [7, 11) is 3.52. The Bertz CT molecular complexity index is 363. The van der Waals surface area contributed by atoms with Gasteiger partial charge in [0.15, 0.2) is 0 Å². The van der Waals surface area contributed by atoms with Gasteiger partial charge in [0.1, 0.15) is 0 Å². The van der Waals surface area contributed by atoms with Crippen molar-refractivity contribution < 1.29 is 4.79 Å².